The number of rotatable bonds is 3. The van der Waals surface area contributed by atoms with Crippen LogP contribution in [0.1, 0.15) is 12.0 Å². The minimum Gasteiger partial charge on any atom is -0.351 e. The molecule has 1 aliphatic heterocycles. The van der Waals surface area contributed by atoms with Gasteiger partial charge >= 0.3 is 0 Å². The molecule has 1 saturated heterocycles. The second-order valence-electron chi connectivity index (χ2n) is 3.54. The number of hydrogen-bond donors (Lipinski definition) is 2. The fourth-order valence-electron chi connectivity index (χ4n) is 1.39. The zero-order valence-electron chi connectivity index (χ0n) is 8.56. The summed E-state index contributed by atoms with van der Waals surface area (Å²) in [6.45, 7) is 1.51. The number of halogens is 1. The summed E-state index contributed by atoms with van der Waals surface area (Å²) in [6.07, 6.45) is 4.60. The average molecular weight is 231 g/mol. The Hall–Kier alpha value is -1.07. The topological polar surface area (TPSA) is 59.0 Å². The molecule has 0 aliphatic carbocycles. The lowest BCUT2D eigenvalue weighted by molar-refractivity contribution is -0.124. The number of carbonyl (C=O) groups excluding carboxylic acids is 1. The minimum absolute atomic E-state index is 0. The third-order valence-corrected chi connectivity index (χ3v) is 2.37. The summed E-state index contributed by atoms with van der Waals surface area (Å²) in [5.41, 5.74) is 1.03. The summed E-state index contributed by atoms with van der Waals surface area (Å²) in [6, 6.07) is 0.0201. The molecule has 1 aliphatic rings. The fraction of sp³-hybridized carbons (Fsp3) is 0.556. The average Bonchev–Trinajstić information content (AvgIpc) is 2.45. The molecule has 0 spiro atoms. The Morgan fingerprint density at radius 3 is 3.00 bits per heavy atom. The van der Waals surface area contributed by atoms with Gasteiger partial charge in [0.25, 0.3) is 0 Å². The van der Waals surface area contributed by atoms with Gasteiger partial charge in [0.1, 0.15) is 0 Å². The van der Waals surface area contributed by atoms with E-state index in [1.165, 1.54) is 0 Å². The van der Waals surface area contributed by atoms with E-state index in [0.29, 0.717) is 6.54 Å². The highest BCUT2D eigenvalue weighted by Crippen LogP contribution is 2.02. The van der Waals surface area contributed by atoms with E-state index < -0.39 is 0 Å². The maximum Gasteiger partial charge on any atom is 0.237 e. The van der Waals surface area contributed by atoms with E-state index in [1.807, 2.05) is 13.2 Å². The van der Waals surface area contributed by atoms with E-state index in [1.54, 1.807) is 10.9 Å². The quantitative estimate of drug-likeness (QED) is 0.758. The number of amides is 1. The van der Waals surface area contributed by atoms with Crippen LogP contribution in [0, 0.1) is 0 Å². The fourth-order valence-corrected chi connectivity index (χ4v) is 1.39. The second-order valence-corrected chi connectivity index (χ2v) is 3.54. The van der Waals surface area contributed by atoms with Crippen LogP contribution in [0.2, 0.25) is 0 Å². The Labute approximate surface area is 94.6 Å². The van der Waals surface area contributed by atoms with Crippen LogP contribution in [-0.2, 0) is 18.4 Å². The highest BCUT2D eigenvalue weighted by molar-refractivity contribution is 5.85. The molecular weight excluding hydrogens is 216 g/mol. The predicted octanol–water partition coefficient (Wildman–Crippen LogP) is -0.180. The van der Waals surface area contributed by atoms with Crippen molar-refractivity contribution in [3.8, 4) is 0 Å². The smallest absolute Gasteiger partial charge is 0.237 e. The van der Waals surface area contributed by atoms with Crippen LogP contribution < -0.4 is 10.6 Å². The number of nitrogens with zero attached hydrogens (tertiary/aromatic N) is 2. The molecule has 0 bridgehead atoms. The zero-order chi connectivity index (χ0) is 9.97. The lowest BCUT2D eigenvalue weighted by Crippen LogP contribution is -2.52. The van der Waals surface area contributed by atoms with Crippen molar-refractivity contribution in [1.29, 1.82) is 0 Å². The summed E-state index contributed by atoms with van der Waals surface area (Å²) in [5, 5.41) is 9.94. The standard InChI is InChI=1S/C9H14N4O.ClH/c1-13-6-7(5-12-13)4-11-9(14)8-2-3-10-8;/h5-6,8,10H,2-4H2,1H3,(H,11,14);1H/t8-;/m1./s1. The molecule has 1 atom stereocenters. The van der Waals surface area contributed by atoms with Crippen molar-refractivity contribution >= 4 is 18.3 Å². The van der Waals surface area contributed by atoms with Crippen molar-refractivity contribution in [3.63, 3.8) is 0 Å². The normalized spacial score (nSPS) is 18.9. The van der Waals surface area contributed by atoms with E-state index in [-0.39, 0.29) is 24.4 Å². The molecule has 0 radical (unpaired) electrons. The van der Waals surface area contributed by atoms with E-state index in [2.05, 4.69) is 15.7 Å². The van der Waals surface area contributed by atoms with Gasteiger partial charge < -0.3 is 10.6 Å². The van der Waals surface area contributed by atoms with Crippen LogP contribution in [0.4, 0.5) is 0 Å². The molecule has 0 unspecified atom stereocenters. The number of aryl methyl sites for hydroxylation is 1. The Bertz CT molecular complexity index is 335. The summed E-state index contributed by atoms with van der Waals surface area (Å²) in [4.78, 5) is 11.4. The summed E-state index contributed by atoms with van der Waals surface area (Å²) >= 11 is 0. The molecule has 2 heterocycles. The molecule has 6 heteroatoms. The predicted molar refractivity (Wildman–Crippen MR) is 58.7 cm³/mol. The van der Waals surface area contributed by atoms with Crippen LogP contribution >= 0.6 is 12.4 Å². The molecule has 15 heavy (non-hydrogen) atoms. The third-order valence-electron chi connectivity index (χ3n) is 2.37. The van der Waals surface area contributed by atoms with Gasteiger partial charge in [-0.25, -0.2) is 0 Å². The Morgan fingerprint density at radius 1 is 1.80 bits per heavy atom. The van der Waals surface area contributed by atoms with Gasteiger partial charge in [0.2, 0.25) is 5.91 Å². The maximum absolute atomic E-state index is 11.4. The highest BCUT2D eigenvalue weighted by Gasteiger charge is 2.23. The Morgan fingerprint density at radius 2 is 2.53 bits per heavy atom. The van der Waals surface area contributed by atoms with Gasteiger partial charge in [0.15, 0.2) is 0 Å². The first-order valence-electron chi connectivity index (χ1n) is 4.74. The van der Waals surface area contributed by atoms with Gasteiger partial charge in [0.05, 0.1) is 12.2 Å². The van der Waals surface area contributed by atoms with Crippen molar-refractivity contribution < 1.29 is 4.79 Å². The molecule has 5 nitrogen and oxygen atoms in total. The molecule has 1 amide bonds. The van der Waals surface area contributed by atoms with Gasteiger partial charge in [-0.1, -0.05) is 0 Å². The molecule has 1 fully saturated rings. The zero-order valence-corrected chi connectivity index (χ0v) is 9.38. The van der Waals surface area contributed by atoms with Crippen LogP contribution in [0.25, 0.3) is 0 Å². The SMILES string of the molecule is Cl.Cn1cc(CNC(=O)[C@H]2CCN2)cn1. The number of carbonyl (C=O) groups is 1. The van der Waals surface area contributed by atoms with Gasteiger partial charge in [-0.3, -0.25) is 9.48 Å². The van der Waals surface area contributed by atoms with Crippen LogP contribution in [-0.4, -0.2) is 28.3 Å². The molecule has 2 rings (SSSR count). The third kappa shape index (κ3) is 2.94. The Kier molecular flexibility index (Phi) is 4.11. The number of aromatic nitrogens is 2. The summed E-state index contributed by atoms with van der Waals surface area (Å²) in [5.74, 6) is 0.0834. The number of hydrogen-bond acceptors (Lipinski definition) is 3. The first kappa shape index (κ1) is 12.0. The first-order chi connectivity index (χ1) is 6.75. The highest BCUT2D eigenvalue weighted by atomic mass is 35.5. The summed E-state index contributed by atoms with van der Waals surface area (Å²) < 4.78 is 1.73. The van der Waals surface area contributed by atoms with Crippen LogP contribution in [0.5, 0.6) is 0 Å². The van der Waals surface area contributed by atoms with Gasteiger partial charge in [-0.15, -0.1) is 12.4 Å². The molecule has 1 aromatic heterocycles. The molecule has 0 aromatic carbocycles. The largest absolute Gasteiger partial charge is 0.351 e. The first-order valence-corrected chi connectivity index (χ1v) is 4.74. The van der Waals surface area contributed by atoms with Crippen molar-refractivity contribution in [1.82, 2.24) is 20.4 Å². The van der Waals surface area contributed by atoms with Crippen molar-refractivity contribution in [2.24, 2.45) is 7.05 Å². The van der Waals surface area contributed by atoms with Crippen molar-refractivity contribution in [2.45, 2.75) is 19.0 Å². The van der Waals surface area contributed by atoms with Gasteiger partial charge in [-0.05, 0) is 13.0 Å². The second kappa shape index (κ2) is 5.14. The van der Waals surface area contributed by atoms with E-state index in [9.17, 15) is 4.79 Å². The summed E-state index contributed by atoms with van der Waals surface area (Å²) in [7, 11) is 1.86. The van der Waals surface area contributed by atoms with Gasteiger partial charge in [-0.2, -0.15) is 5.10 Å². The minimum atomic E-state index is 0. The maximum atomic E-state index is 11.4. The molecular formula is C9H15ClN4O. The van der Waals surface area contributed by atoms with E-state index >= 15 is 0 Å². The Balaban J connectivity index is 0.00000112. The van der Waals surface area contributed by atoms with Crippen molar-refractivity contribution in [2.75, 3.05) is 6.54 Å². The lowest BCUT2D eigenvalue weighted by atomic mass is 10.1. The molecule has 0 saturated carbocycles. The van der Waals surface area contributed by atoms with Gasteiger partial charge in [0, 0.05) is 25.4 Å². The van der Waals surface area contributed by atoms with Crippen molar-refractivity contribution in [3.05, 3.63) is 18.0 Å². The van der Waals surface area contributed by atoms with E-state index in [0.717, 1.165) is 18.5 Å². The van der Waals surface area contributed by atoms with Crippen LogP contribution in [0.15, 0.2) is 12.4 Å². The molecule has 84 valence electrons. The van der Waals surface area contributed by atoms with E-state index in [4.69, 9.17) is 0 Å². The monoisotopic (exact) mass is 230 g/mol. The van der Waals surface area contributed by atoms with Crippen LogP contribution in [0.3, 0.4) is 0 Å². The molecule has 2 N–H and O–H groups in total. The molecule has 1 aromatic rings. The lowest BCUT2D eigenvalue weighted by Gasteiger charge is -2.26. The number of nitrogens with one attached hydrogen (secondary N) is 2.